The van der Waals surface area contributed by atoms with Gasteiger partial charge in [-0.2, -0.15) is 0 Å². The number of carbonyl (C=O) groups excluding carboxylic acids is 3. The number of benzene rings is 2. The van der Waals surface area contributed by atoms with E-state index in [-0.39, 0.29) is 52.8 Å². The van der Waals surface area contributed by atoms with Crippen molar-refractivity contribution in [3.05, 3.63) is 75.7 Å². The Morgan fingerprint density at radius 2 is 1.97 bits per heavy atom. The van der Waals surface area contributed by atoms with Crippen LogP contribution in [0.1, 0.15) is 15.9 Å². The van der Waals surface area contributed by atoms with Gasteiger partial charge in [0.1, 0.15) is 11.5 Å². The second-order valence-corrected chi connectivity index (χ2v) is 6.86. The van der Waals surface area contributed by atoms with Gasteiger partial charge in [0.15, 0.2) is 5.78 Å². The van der Waals surface area contributed by atoms with Crippen molar-refractivity contribution in [3.8, 4) is 0 Å². The van der Waals surface area contributed by atoms with E-state index in [0.717, 1.165) is 6.07 Å². The summed E-state index contributed by atoms with van der Waals surface area (Å²) < 4.78 is 18.9. The Hall–Kier alpha value is -3.23. The van der Waals surface area contributed by atoms with Crippen LogP contribution in [-0.2, 0) is 14.3 Å². The normalized spacial score (nSPS) is 13.6. The minimum atomic E-state index is -0.720. The Balaban J connectivity index is 2.04. The summed E-state index contributed by atoms with van der Waals surface area (Å²) in [5.41, 5.74) is 0.000943. The number of aliphatic hydroxyl groups is 1. The average molecular weight is 433 g/mol. The molecule has 0 bridgehead atoms. The summed E-state index contributed by atoms with van der Waals surface area (Å²) in [5, 5.41) is 12.2. The van der Waals surface area contributed by atoms with Gasteiger partial charge in [-0.05, 0) is 30.3 Å². The molecule has 1 aliphatic heterocycles. The number of carbonyl (C=O) groups is 3. The number of halogens is 2. The Morgan fingerprint density at radius 1 is 1.23 bits per heavy atom. The molecule has 0 atom stereocenters. The van der Waals surface area contributed by atoms with Crippen LogP contribution in [0.4, 0.5) is 10.1 Å². The summed E-state index contributed by atoms with van der Waals surface area (Å²) in [7, 11) is 1.18. The van der Waals surface area contributed by atoms with E-state index in [9.17, 15) is 18.8 Å². The third-order valence-corrected chi connectivity index (χ3v) is 4.79. The minimum absolute atomic E-state index is 0.0200. The van der Waals surface area contributed by atoms with Crippen LogP contribution in [0.2, 0.25) is 5.02 Å². The third-order valence-electron chi connectivity index (χ3n) is 4.56. The number of ether oxygens (including phenoxy) is 1. The zero-order valence-corrected chi connectivity index (χ0v) is 16.7. The van der Waals surface area contributed by atoms with E-state index in [0.29, 0.717) is 0 Å². The summed E-state index contributed by atoms with van der Waals surface area (Å²) in [5.74, 6) is -2.60. The van der Waals surface area contributed by atoms with Crippen molar-refractivity contribution in [2.45, 2.75) is 0 Å². The van der Waals surface area contributed by atoms with E-state index in [2.05, 4.69) is 5.32 Å². The first-order chi connectivity index (χ1) is 14.4. The summed E-state index contributed by atoms with van der Waals surface area (Å²) in [4.78, 5) is 39.1. The minimum Gasteiger partial charge on any atom is -0.466 e. The van der Waals surface area contributed by atoms with E-state index in [1.165, 1.54) is 48.4 Å². The molecule has 2 N–H and O–H groups in total. The highest BCUT2D eigenvalue weighted by atomic mass is 35.5. The third kappa shape index (κ3) is 4.19. The van der Waals surface area contributed by atoms with Crippen LogP contribution in [0.3, 0.4) is 0 Å². The molecule has 7 nitrogen and oxygen atoms in total. The number of anilines is 1. The lowest BCUT2D eigenvalue weighted by molar-refractivity contribution is -0.136. The zero-order valence-electron chi connectivity index (χ0n) is 15.9. The van der Waals surface area contributed by atoms with Gasteiger partial charge in [-0.15, -0.1) is 0 Å². The van der Waals surface area contributed by atoms with Crippen molar-refractivity contribution in [1.82, 2.24) is 4.90 Å². The molecular weight excluding hydrogens is 415 g/mol. The van der Waals surface area contributed by atoms with Crippen LogP contribution in [0.25, 0.3) is 0 Å². The lowest BCUT2D eigenvalue weighted by Gasteiger charge is -2.16. The van der Waals surface area contributed by atoms with Gasteiger partial charge in [-0.3, -0.25) is 9.59 Å². The van der Waals surface area contributed by atoms with Crippen molar-refractivity contribution in [2.24, 2.45) is 0 Å². The summed E-state index contributed by atoms with van der Waals surface area (Å²) in [6.07, 6.45) is 0. The largest absolute Gasteiger partial charge is 0.466 e. The van der Waals surface area contributed by atoms with Gasteiger partial charge in [0.2, 0.25) is 0 Å². The molecule has 1 heterocycles. The Morgan fingerprint density at radius 3 is 2.63 bits per heavy atom. The second-order valence-electron chi connectivity index (χ2n) is 6.42. The van der Waals surface area contributed by atoms with Gasteiger partial charge < -0.3 is 20.1 Å². The number of methoxy groups -OCH3 is 1. The SMILES string of the molecule is COC(=O)C1=C(Nc2ccc(Cl)cc2C(=O)c2ccccc2F)C(=O)N(CCO)C1. The van der Waals surface area contributed by atoms with Gasteiger partial charge in [0.25, 0.3) is 5.91 Å². The monoisotopic (exact) mass is 432 g/mol. The quantitative estimate of drug-likeness (QED) is 0.515. The van der Waals surface area contributed by atoms with Crippen molar-refractivity contribution in [2.75, 3.05) is 32.1 Å². The zero-order chi connectivity index (χ0) is 21.8. The van der Waals surface area contributed by atoms with Crippen LogP contribution in [0.15, 0.2) is 53.7 Å². The van der Waals surface area contributed by atoms with E-state index in [4.69, 9.17) is 21.4 Å². The molecule has 1 amide bonds. The molecular formula is C21H18ClFN2O5. The molecule has 0 aliphatic carbocycles. The number of ketones is 1. The summed E-state index contributed by atoms with van der Waals surface area (Å²) >= 11 is 6.04. The molecule has 0 saturated heterocycles. The van der Waals surface area contributed by atoms with Crippen molar-refractivity contribution >= 4 is 34.9 Å². The first kappa shape index (κ1) is 21.5. The number of rotatable bonds is 7. The van der Waals surface area contributed by atoms with Crippen LogP contribution in [0.5, 0.6) is 0 Å². The topological polar surface area (TPSA) is 95.9 Å². The Kier molecular flexibility index (Phi) is 6.49. The van der Waals surface area contributed by atoms with Gasteiger partial charge in [0, 0.05) is 22.8 Å². The van der Waals surface area contributed by atoms with Crippen LogP contribution in [0, 0.1) is 5.82 Å². The molecule has 1 aliphatic rings. The molecule has 3 rings (SSSR count). The number of β-amino-alcohol motifs (C(OH)–C–C–N with tert-alkyl or cyclic N) is 1. The standard InChI is InChI=1S/C21H18ClFN2O5/c1-30-21(29)15-11-25(8-9-26)20(28)18(15)24-17-7-6-12(22)10-14(17)19(27)13-4-2-3-5-16(13)23/h2-7,10,24,26H,8-9,11H2,1H3. The molecule has 2 aromatic carbocycles. The van der Waals surface area contributed by atoms with Gasteiger partial charge in [-0.25, -0.2) is 9.18 Å². The molecule has 0 unspecified atom stereocenters. The van der Waals surface area contributed by atoms with E-state index in [1.807, 2.05) is 0 Å². The fourth-order valence-electron chi connectivity index (χ4n) is 3.09. The van der Waals surface area contributed by atoms with Crippen molar-refractivity contribution in [3.63, 3.8) is 0 Å². The first-order valence-corrected chi connectivity index (χ1v) is 9.32. The number of hydrogen-bond donors (Lipinski definition) is 2. The van der Waals surface area contributed by atoms with Crippen molar-refractivity contribution in [1.29, 1.82) is 0 Å². The number of esters is 1. The molecule has 0 spiro atoms. The van der Waals surface area contributed by atoms with Gasteiger partial charge in [-0.1, -0.05) is 23.7 Å². The smallest absolute Gasteiger partial charge is 0.337 e. The molecule has 2 aromatic rings. The highest BCUT2D eigenvalue weighted by molar-refractivity contribution is 6.31. The number of aliphatic hydroxyl groups excluding tert-OH is 1. The van der Waals surface area contributed by atoms with Gasteiger partial charge >= 0.3 is 5.97 Å². The van der Waals surface area contributed by atoms with Gasteiger partial charge in [0.05, 0.1) is 31.4 Å². The molecule has 156 valence electrons. The lowest BCUT2D eigenvalue weighted by atomic mass is 10.0. The average Bonchev–Trinajstić information content (AvgIpc) is 3.04. The first-order valence-electron chi connectivity index (χ1n) is 8.94. The summed E-state index contributed by atoms with van der Waals surface area (Å²) in [6.45, 7) is -0.323. The number of nitrogens with zero attached hydrogens (tertiary/aromatic N) is 1. The second kappa shape index (κ2) is 9.06. The molecule has 0 aromatic heterocycles. The van der Waals surface area contributed by atoms with Crippen LogP contribution >= 0.6 is 11.6 Å². The highest BCUT2D eigenvalue weighted by Gasteiger charge is 2.35. The predicted molar refractivity (Wildman–Crippen MR) is 108 cm³/mol. The number of nitrogens with one attached hydrogen (secondary N) is 1. The molecule has 0 radical (unpaired) electrons. The maximum Gasteiger partial charge on any atom is 0.337 e. The maximum atomic E-state index is 14.1. The lowest BCUT2D eigenvalue weighted by Crippen LogP contribution is -2.31. The summed E-state index contributed by atoms with van der Waals surface area (Å²) in [6, 6.07) is 9.79. The maximum absolute atomic E-state index is 14.1. The fourth-order valence-corrected chi connectivity index (χ4v) is 3.26. The number of amides is 1. The molecule has 30 heavy (non-hydrogen) atoms. The van der Waals surface area contributed by atoms with Crippen LogP contribution in [-0.4, -0.2) is 54.5 Å². The van der Waals surface area contributed by atoms with Crippen LogP contribution < -0.4 is 5.32 Å². The Labute approximate surface area is 176 Å². The van der Waals surface area contributed by atoms with Crippen molar-refractivity contribution < 1.29 is 28.6 Å². The van der Waals surface area contributed by atoms with E-state index < -0.39 is 23.5 Å². The van der Waals surface area contributed by atoms with E-state index in [1.54, 1.807) is 0 Å². The van der Waals surface area contributed by atoms with E-state index >= 15 is 0 Å². The molecule has 0 fully saturated rings. The highest BCUT2D eigenvalue weighted by Crippen LogP contribution is 2.29. The Bertz CT molecular complexity index is 1050. The molecule has 0 saturated carbocycles. The molecule has 9 heteroatoms. The fraction of sp³-hybridized carbons (Fsp3) is 0.190. The number of hydrogen-bond acceptors (Lipinski definition) is 6. The predicted octanol–water partition coefficient (Wildman–Crippen LogP) is 2.38.